The molecule has 20 heavy (non-hydrogen) atoms. The molecule has 1 N–H and O–H groups in total. The predicted octanol–water partition coefficient (Wildman–Crippen LogP) is 2.79. The van der Waals surface area contributed by atoms with Gasteiger partial charge in [-0.05, 0) is 31.0 Å². The minimum absolute atomic E-state index is 0.0428. The molecule has 1 fully saturated rings. The second kappa shape index (κ2) is 7.42. The zero-order chi connectivity index (χ0) is 14.4. The van der Waals surface area contributed by atoms with Crippen LogP contribution in [0.3, 0.4) is 0 Å². The fourth-order valence-electron chi connectivity index (χ4n) is 2.60. The molecule has 2 rings (SSSR count). The van der Waals surface area contributed by atoms with Gasteiger partial charge in [-0.25, -0.2) is 4.39 Å². The van der Waals surface area contributed by atoms with Crippen LogP contribution in [0.5, 0.6) is 0 Å². The molecule has 1 aromatic rings. The molecule has 0 amide bonds. The molecule has 108 valence electrons. The summed E-state index contributed by atoms with van der Waals surface area (Å²) in [5.74, 6) is 6.25. The molecule has 0 bridgehead atoms. The summed E-state index contributed by atoms with van der Waals surface area (Å²) in [6, 6.07) is 5.18. The van der Waals surface area contributed by atoms with E-state index in [0.717, 1.165) is 24.6 Å². The van der Waals surface area contributed by atoms with Crippen LogP contribution in [0.1, 0.15) is 37.3 Å². The van der Waals surface area contributed by atoms with Gasteiger partial charge in [0, 0.05) is 30.6 Å². The lowest BCUT2D eigenvalue weighted by Crippen LogP contribution is -2.20. The van der Waals surface area contributed by atoms with Crippen molar-refractivity contribution in [1.82, 2.24) is 4.90 Å². The van der Waals surface area contributed by atoms with E-state index in [1.807, 2.05) is 12.1 Å². The van der Waals surface area contributed by atoms with Crippen molar-refractivity contribution in [2.75, 3.05) is 19.7 Å². The van der Waals surface area contributed by atoms with E-state index in [0.29, 0.717) is 18.5 Å². The van der Waals surface area contributed by atoms with E-state index in [1.54, 1.807) is 0 Å². The molecular formula is C17H22FNO. The Morgan fingerprint density at radius 3 is 2.95 bits per heavy atom. The second-order valence-electron chi connectivity index (χ2n) is 5.38. The Morgan fingerprint density at radius 1 is 1.45 bits per heavy atom. The van der Waals surface area contributed by atoms with Gasteiger partial charge in [-0.1, -0.05) is 31.3 Å². The first-order valence-corrected chi connectivity index (χ1v) is 7.33. The molecule has 0 saturated carbocycles. The van der Waals surface area contributed by atoms with Crippen LogP contribution in [-0.2, 0) is 6.54 Å². The van der Waals surface area contributed by atoms with Gasteiger partial charge in [0.05, 0.1) is 6.61 Å². The molecule has 3 heteroatoms. The van der Waals surface area contributed by atoms with Crippen molar-refractivity contribution in [3.8, 4) is 11.8 Å². The van der Waals surface area contributed by atoms with Gasteiger partial charge >= 0.3 is 0 Å². The first-order chi connectivity index (χ1) is 9.72. The van der Waals surface area contributed by atoms with Crippen molar-refractivity contribution < 1.29 is 9.50 Å². The lowest BCUT2D eigenvalue weighted by atomic mass is 10.1. The van der Waals surface area contributed by atoms with Crippen molar-refractivity contribution >= 4 is 0 Å². The third-order valence-electron chi connectivity index (χ3n) is 3.86. The van der Waals surface area contributed by atoms with Gasteiger partial charge in [0.15, 0.2) is 0 Å². The minimum atomic E-state index is -0.180. The summed E-state index contributed by atoms with van der Waals surface area (Å²) in [5, 5.41) is 8.66. The maximum absolute atomic E-state index is 14.0. The van der Waals surface area contributed by atoms with Gasteiger partial charge in [-0.15, -0.1) is 0 Å². The Morgan fingerprint density at radius 2 is 2.30 bits per heavy atom. The Bertz CT molecular complexity index is 503. The highest BCUT2D eigenvalue weighted by Crippen LogP contribution is 2.22. The van der Waals surface area contributed by atoms with Gasteiger partial charge in [0.2, 0.25) is 0 Å². The van der Waals surface area contributed by atoms with Crippen LogP contribution in [0.15, 0.2) is 18.2 Å². The number of hydrogen-bond donors (Lipinski definition) is 1. The molecule has 1 heterocycles. The molecule has 0 aromatic heterocycles. The summed E-state index contributed by atoms with van der Waals surface area (Å²) >= 11 is 0. The summed E-state index contributed by atoms with van der Waals surface area (Å²) in [5.41, 5.74) is 1.42. The second-order valence-corrected chi connectivity index (χ2v) is 5.38. The van der Waals surface area contributed by atoms with Crippen molar-refractivity contribution in [3.63, 3.8) is 0 Å². The Balaban J connectivity index is 1.98. The van der Waals surface area contributed by atoms with Gasteiger partial charge in [-0.3, -0.25) is 4.90 Å². The van der Waals surface area contributed by atoms with E-state index in [4.69, 9.17) is 5.11 Å². The van der Waals surface area contributed by atoms with E-state index >= 15 is 0 Å². The van der Waals surface area contributed by atoms with E-state index < -0.39 is 0 Å². The lowest BCUT2D eigenvalue weighted by molar-refractivity contribution is 0.305. The predicted molar refractivity (Wildman–Crippen MR) is 78.7 cm³/mol. The Labute approximate surface area is 120 Å². The molecule has 1 aromatic carbocycles. The smallest absolute Gasteiger partial charge is 0.128 e. The van der Waals surface area contributed by atoms with Crippen LogP contribution in [0.4, 0.5) is 4.39 Å². The monoisotopic (exact) mass is 275 g/mol. The molecular weight excluding hydrogens is 253 g/mol. The van der Waals surface area contributed by atoms with Crippen LogP contribution in [0, 0.1) is 23.6 Å². The fourth-order valence-corrected chi connectivity index (χ4v) is 2.60. The average Bonchev–Trinajstić information content (AvgIpc) is 2.90. The molecule has 0 aliphatic carbocycles. The number of halogens is 1. The van der Waals surface area contributed by atoms with Crippen LogP contribution in [-0.4, -0.2) is 29.7 Å². The van der Waals surface area contributed by atoms with Gasteiger partial charge in [-0.2, -0.15) is 0 Å². The van der Waals surface area contributed by atoms with E-state index in [-0.39, 0.29) is 12.4 Å². The third-order valence-corrected chi connectivity index (χ3v) is 3.86. The van der Waals surface area contributed by atoms with Crippen LogP contribution < -0.4 is 0 Å². The third kappa shape index (κ3) is 4.06. The van der Waals surface area contributed by atoms with Crippen LogP contribution in [0.2, 0.25) is 0 Å². The zero-order valence-corrected chi connectivity index (χ0v) is 12.0. The first kappa shape index (κ1) is 15.0. The zero-order valence-electron chi connectivity index (χ0n) is 12.0. The van der Waals surface area contributed by atoms with E-state index in [2.05, 4.69) is 23.7 Å². The van der Waals surface area contributed by atoms with Crippen molar-refractivity contribution in [2.45, 2.75) is 32.7 Å². The maximum atomic E-state index is 14.0. The molecule has 1 aliphatic rings. The van der Waals surface area contributed by atoms with Gasteiger partial charge in [0.1, 0.15) is 5.82 Å². The summed E-state index contributed by atoms with van der Waals surface area (Å²) in [7, 11) is 0. The quantitative estimate of drug-likeness (QED) is 0.854. The Kier molecular flexibility index (Phi) is 5.58. The number of rotatable bonds is 4. The molecule has 1 aliphatic heterocycles. The summed E-state index contributed by atoms with van der Waals surface area (Å²) in [4.78, 5) is 2.32. The molecule has 2 nitrogen and oxygen atoms in total. The van der Waals surface area contributed by atoms with E-state index in [9.17, 15) is 4.39 Å². The number of hydrogen-bond acceptors (Lipinski definition) is 2. The number of nitrogens with zero attached hydrogens (tertiary/aromatic N) is 1. The molecule has 0 radical (unpaired) electrons. The summed E-state index contributed by atoms with van der Waals surface area (Å²) < 4.78 is 14.0. The largest absolute Gasteiger partial charge is 0.395 e. The standard InChI is InChI=1S/C17H22FNO/c1-2-14-8-9-19(12-14)13-16-7-6-15(11-17(16)18)5-3-4-10-20/h6-7,11,14,20H,2,4,8-10,12-13H2,1H3. The van der Waals surface area contributed by atoms with Gasteiger partial charge < -0.3 is 5.11 Å². The Hall–Kier alpha value is -1.37. The molecule has 1 saturated heterocycles. The van der Waals surface area contributed by atoms with Crippen LogP contribution >= 0.6 is 0 Å². The van der Waals surface area contributed by atoms with Crippen molar-refractivity contribution in [2.24, 2.45) is 5.92 Å². The average molecular weight is 275 g/mol. The number of aliphatic hydroxyl groups excluding tert-OH is 1. The van der Waals surface area contributed by atoms with Crippen LogP contribution in [0.25, 0.3) is 0 Å². The summed E-state index contributed by atoms with van der Waals surface area (Å²) in [6.07, 6.45) is 2.86. The summed E-state index contributed by atoms with van der Waals surface area (Å²) in [6.45, 7) is 5.09. The first-order valence-electron chi connectivity index (χ1n) is 7.33. The highest BCUT2D eigenvalue weighted by atomic mass is 19.1. The number of likely N-dealkylation sites (tertiary alicyclic amines) is 1. The molecule has 1 unspecified atom stereocenters. The highest BCUT2D eigenvalue weighted by molar-refractivity contribution is 5.37. The SMILES string of the molecule is CCC1CCN(Cc2ccc(C#CCCO)cc2F)C1. The number of benzene rings is 1. The fraction of sp³-hybridized carbons (Fsp3) is 0.529. The maximum Gasteiger partial charge on any atom is 0.128 e. The molecule has 0 spiro atoms. The van der Waals surface area contributed by atoms with Gasteiger partial charge in [0.25, 0.3) is 0 Å². The lowest BCUT2D eigenvalue weighted by Gasteiger charge is -2.16. The molecule has 1 atom stereocenters. The topological polar surface area (TPSA) is 23.5 Å². The van der Waals surface area contributed by atoms with Crippen molar-refractivity contribution in [3.05, 3.63) is 35.1 Å². The minimum Gasteiger partial charge on any atom is -0.395 e. The highest BCUT2D eigenvalue weighted by Gasteiger charge is 2.21. The van der Waals surface area contributed by atoms with Crippen molar-refractivity contribution in [1.29, 1.82) is 0 Å². The normalized spacial score (nSPS) is 18.9. The number of aliphatic hydroxyl groups is 1. The van der Waals surface area contributed by atoms with E-state index in [1.165, 1.54) is 18.9 Å².